The quantitative estimate of drug-likeness (QED) is 0.848. The van der Waals surface area contributed by atoms with Gasteiger partial charge in [0, 0.05) is 6.54 Å². The van der Waals surface area contributed by atoms with Crippen LogP contribution in [0.5, 0.6) is 5.75 Å². The summed E-state index contributed by atoms with van der Waals surface area (Å²) in [6.45, 7) is 10.3. The summed E-state index contributed by atoms with van der Waals surface area (Å²) in [5.74, 6) is 1.01. The Labute approximate surface area is 104 Å². The Hall–Kier alpha value is -1.02. The third-order valence-corrected chi connectivity index (χ3v) is 4.52. The van der Waals surface area contributed by atoms with Crippen molar-refractivity contribution in [1.82, 2.24) is 4.90 Å². The van der Waals surface area contributed by atoms with E-state index < -0.39 is 0 Å². The van der Waals surface area contributed by atoms with Crippen LogP contribution in [0.2, 0.25) is 0 Å². The summed E-state index contributed by atoms with van der Waals surface area (Å²) in [4.78, 5) is 2.51. The zero-order valence-electron chi connectivity index (χ0n) is 11.1. The van der Waals surface area contributed by atoms with E-state index in [1.54, 1.807) is 6.07 Å². The molecule has 0 bridgehead atoms. The molecule has 0 amide bonds. The summed E-state index contributed by atoms with van der Waals surface area (Å²) >= 11 is 0. The molecule has 0 spiro atoms. The van der Waals surface area contributed by atoms with Gasteiger partial charge in [-0.15, -0.1) is 0 Å². The maximum atomic E-state index is 9.63. The van der Waals surface area contributed by atoms with E-state index in [9.17, 15) is 5.11 Å². The summed E-state index contributed by atoms with van der Waals surface area (Å²) in [5.41, 5.74) is 1.48. The second-order valence-electron chi connectivity index (χ2n) is 5.51. The summed E-state index contributed by atoms with van der Waals surface area (Å²) in [5, 5.41) is 9.63. The average molecular weight is 233 g/mol. The minimum absolute atomic E-state index is 0.199. The smallest absolute Gasteiger partial charge is 0.115 e. The molecule has 17 heavy (non-hydrogen) atoms. The predicted molar refractivity (Wildman–Crippen MR) is 71.4 cm³/mol. The molecular weight excluding hydrogens is 210 g/mol. The second-order valence-corrected chi connectivity index (χ2v) is 5.51. The molecule has 94 valence electrons. The average Bonchev–Trinajstić information content (AvgIpc) is 2.33. The molecule has 2 heteroatoms. The molecule has 1 fully saturated rings. The molecular formula is C15H23NO. The van der Waals surface area contributed by atoms with E-state index in [1.165, 1.54) is 12.0 Å². The monoisotopic (exact) mass is 233 g/mol. The van der Waals surface area contributed by atoms with Gasteiger partial charge in [0.1, 0.15) is 5.75 Å². The lowest BCUT2D eigenvalue weighted by Crippen LogP contribution is -2.47. The summed E-state index contributed by atoms with van der Waals surface area (Å²) in [6.07, 6.45) is 1.17. The van der Waals surface area contributed by atoms with E-state index in [4.69, 9.17) is 0 Å². The molecule has 0 saturated carbocycles. The number of benzene rings is 1. The molecule has 0 aromatic heterocycles. The van der Waals surface area contributed by atoms with Crippen LogP contribution in [0.1, 0.15) is 32.8 Å². The standard InChI is InChI=1S/C15H23NO/c1-4-16-9-8-15(3,12(2)11-16)13-6-5-7-14(17)10-13/h5-7,10,12,17H,4,8-9,11H2,1-3H3/t12-,15+/m0/s1. The highest BCUT2D eigenvalue weighted by molar-refractivity contribution is 5.33. The number of nitrogens with zero attached hydrogens (tertiary/aromatic N) is 1. The molecule has 2 atom stereocenters. The second kappa shape index (κ2) is 4.69. The van der Waals surface area contributed by atoms with E-state index in [0.717, 1.165) is 19.6 Å². The van der Waals surface area contributed by atoms with Crippen molar-refractivity contribution in [2.45, 2.75) is 32.6 Å². The van der Waals surface area contributed by atoms with Crippen LogP contribution in [0.3, 0.4) is 0 Å². The van der Waals surface area contributed by atoms with Crippen molar-refractivity contribution in [2.75, 3.05) is 19.6 Å². The maximum Gasteiger partial charge on any atom is 0.115 e. The number of aromatic hydroxyl groups is 1. The molecule has 0 unspecified atom stereocenters. The van der Waals surface area contributed by atoms with E-state index in [1.807, 2.05) is 12.1 Å². The summed E-state index contributed by atoms with van der Waals surface area (Å²) in [7, 11) is 0. The number of piperidine rings is 1. The normalized spacial score (nSPS) is 30.4. The highest BCUT2D eigenvalue weighted by Crippen LogP contribution is 2.40. The first-order chi connectivity index (χ1) is 8.06. The van der Waals surface area contributed by atoms with Gasteiger partial charge in [-0.3, -0.25) is 0 Å². The highest BCUT2D eigenvalue weighted by Gasteiger charge is 2.37. The fourth-order valence-corrected chi connectivity index (χ4v) is 2.89. The summed E-state index contributed by atoms with van der Waals surface area (Å²) in [6, 6.07) is 7.78. The maximum absolute atomic E-state index is 9.63. The Morgan fingerprint density at radius 3 is 2.82 bits per heavy atom. The Morgan fingerprint density at radius 2 is 2.24 bits per heavy atom. The summed E-state index contributed by atoms with van der Waals surface area (Å²) < 4.78 is 0. The Balaban J connectivity index is 2.25. The van der Waals surface area contributed by atoms with Gasteiger partial charge in [-0.25, -0.2) is 0 Å². The van der Waals surface area contributed by atoms with Gasteiger partial charge >= 0.3 is 0 Å². The number of phenols is 1. The van der Waals surface area contributed by atoms with E-state index in [2.05, 4.69) is 31.7 Å². The molecule has 1 aliphatic heterocycles. The van der Waals surface area contributed by atoms with Crippen LogP contribution >= 0.6 is 0 Å². The van der Waals surface area contributed by atoms with Crippen LogP contribution in [0.4, 0.5) is 0 Å². The van der Waals surface area contributed by atoms with Gasteiger partial charge in [-0.05, 0) is 48.5 Å². The molecule has 1 saturated heterocycles. The van der Waals surface area contributed by atoms with Crippen LogP contribution in [0.15, 0.2) is 24.3 Å². The van der Waals surface area contributed by atoms with Gasteiger partial charge in [0.15, 0.2) is 0 Å². The first-order valence-corrected chi connectivity index (χ1v) is 6.58. The van der Waals surface area contributed by atoms with Crippen LogP contribution in [0.25, 0.3) is 0 Å². The largest absolute Gasteiger partial charge is 0.508 e. The number of hydrogen-bond acceptors (Lipinski definition) is 2. The SMILES string of the molecule is CCN1CC[C@@](C)(c2cccc(O)c2)[C@@H](C)C1. The van der Waals surface area contributed by atoms with Gasteiger partial charge < -0.3 is 10.0 Å². The van der Waals surface area contributed by atoms with Gasteiger partial charge in [-0.2, -0.15) is 0 Å². The number of hydrogen-bond donors (Lipinski definition) is 1. The highest BCUT2D eigenvalue weighted by atomic mass is 16.3. The zero-order chi connectivity index (χ0) is 12.5. The first kappa shape index (κ1) is 12.4. The lowest BCUT2D eigenvalue weighted by Gasteiger charge is -2.45. The van der Waals surface area contributed by atoms with E-state index in [-0.39, 0.29) is 5.41 Å². The van der Waals surface area contributed by atoms with Crippen molar-refractivity contribution < 1.29 is 5.11 Å². The molecule has 1 aromatic rings. The van der Waals surface area contributed by atoms with Crippen LogP contribution < -0.4 is 0 Å². The fourth-order valence-electron chi connectivity index (χ4n) is 2.89. The third kappa shape index (κ3) is 2.32. The van der Waals surface area contributed by atoms with E-state index >= 15 is 0 Å². The van der Waals surface area contributed by atoms with Gasteiger partial charge in [0.25, 0.3) is 0 Å². The number of rotatable bonds is 2. The topological polar surface area (TPSA) is 23.5 Å². The van der Waals surface area contributed by atoms with Crippen molar-refractivity contribution in [3.63, 3.8) is 0 Å². The zero-order valence-corrected chi connectivity index (χ0v) is 11.1. The van der Waals surface area contributed by atoms with Crippen LogP contribution in [0, 0.1) is 5.92 Å². The first-order valence-electron chi connectivity index (χ1n) is 6.58. The lowest BCUT2D eigenvalue weighted by molar-refractivity contribution is 0.116. The number of likely N-dealkylation sites (tertiary alicyclic amines) is 1. The van der Waals surface area contributed by atoms with Crippen molar-refractivity contribution in [2.24, 2.45) is 5.92 Å². The van der Waals surface area contributed by atoms with Crippen LogP contribution in [-0.2, 0) is 5.41 Å². The van der Waals surface area contributed by atoms with Crippen molar-refractivity contribution in [3.8, 4) is 5.75 Å². The Morgan fingerprint density at radius 1 is 1.47 bits per heavy atom. The lowest BCUT2D eigenvalue weighted by atomic mass is 9.68. The Bertz CT molecular complexity index is 390. The van der Waals surface area contributed by atoms with Crippen molar-refractivity contribution in [3.05, 3.63) is 29.8 Å². The molecule has 1 aromatic carbocycles. The predicted octanol–water partition coefficient (Wildman–Crippen LogP) is 3.01. The number of phenolic OH excluding ortho intramolecular Hbond substituents is 1. The molecule has 1 aliphatic rings. The minimum atomic E-state index is 0.199. The third-order valence-electron chi connectivity index (χ3n) is 4.52. The van der Waals surface area contributed by atoms with E-state index in [0.29, 0.717) is 11.7 Å². The van der Waals surface area contributed by atoms with Gasteiger partial charge in [-0.1, -0.05) is 32.9 Å². The minimum Gasteiger partial charge on any atom is -0.508 e. The van der Waals surface area contributed by atoms with Crippen LogP contribution in [-0.4, -0.2) is 29.6 Å². The molecule has 1 heterocycles. The van der Waals surface area contributed by atoms with Crippen molar-refractivity contribution in [1.29, 1.82) is 0 Å². The molecule has 1 N–H and O–H groups in total. The Kier molecular flexibility index (Phi) is 3.43. The molecule has 2 rings (SSSR count). The van der Waals surface area contributed by atoms with Gasteiger partial charge in [0.05, 0.1) is 0 Å². The molecule has 0 radical (unpaired) electrons. The van der Waals surface area contributed by atoms with Crippen molar-refractivity contribution >= 4 is 0 Å². The molecule has 0 aliphatic carbocycles. The van der Waals surface area contributed by atoms with Gasteiger partial charge in [0.2, 0.25) is 0 Å². The molecule has 2 nitrogen and oxygen atoms in total. The fraction of sp³-hybridized carbons (Fsp3) is 0.600.